The van der Waals surface area contributed by atoms with Gasteiger partial charge in [0, 0.05) is 24.9 Å². The summed E-state index contributed by atoms with van der Waals surface area (Å²) >= 11 is 0. The molecule has 4 nitrogen and oxygen atoms in total. The molecule has 1 aromatic rings. The molecule has 2 atom stereocenters. The van der Waals surface area contributed by atoms with Gasteiger partial charge < -0.3 is 9.67 Å². The van der Waals surface area contributed by atoms with Crippen molar-refractivity contribution in [1.82, 2.24) is 9.55 Å². The molecule has 0 amide bonds. The van der Waals surface area contributed by atoms with Gasteiger partial charge in [0.2, 0.25) is 0 Å². The van der Waals surface area contributed by atoms with E-state index in [4.69, 9.17) is 5.11 Å². The number of nitrogens with zero attached hydrogens (tertiary/aromatic N) is 2. The summed E-state index contributed by atoms with van der Waals surface area (Å²) < 4.78 is 1.88. The first kappa shape index (κ1) is 7.34. The average Bonchev–Trinajstić information content (AvgIpc) is 2.70. The number of aryl methyl sites for hydroxylation is 1. The molecule has 0 bridgehead atoms. The second kappa shape index (κ2) is 2.33. The normalized spacial score (nSPS) is 27.1. The molecule has 0 radical (unpaired) electrons. The van der Waals surface area contributed by atoms with Crippen LogP contribution in [0.25, 0.3) is 0 Å². The zero-order valence-electron chi connectivity index (χ0n) is 6.77. The van der Waals surface area contributed by atoms with Gasteiger partial charge in [-0.2, -0.15) is 0 Å². The highest BCUT2D eigenvalue weighted by atomic mass is 16.4. The van der Waals surface area contributed by atoms with Gasteiger partial charge in [-0.3, -0.25) is 4.79 Å². The number of hydrogen-bond acceptors (Lipinski definition) is 2. The Labute approximate surface area is 69.8 Å². The summed E-state index contributed by atoms with van der Waals surface area (Å²) in [5.74, 6) is -0.684. The minimum Gasteiger partial charge on any atom is -0.481 e. The van der Waals surface area contributed by atoms with Crippen molar-refractivity contribution in [2.24, 2.45) is 13.0 Å². The fourth-order valence-corrected chi connectivity index (χ4v) is 1.52. The first-order chi connectivity index (χ1) is 5.70. The van der Waals surface area contributed by atoms with Crippen molar-refractivity contribution in [3.05, 3.63) is 18.2 Å². The third-order valence-corrected chi connectivity index (χ3v) is 2.34. The minimum atomic E-state index is -0.693. The fraction of sp³-hybridized carbons (Fsp3) is 0.500. The second-order valence-electron chi connectivity index (χ2n) is 3.22. The number of imidazole rings is 1. The number of carboxylic acid groups (broad SMARTS) is 1. The fourth-order valence-electron chi connectivity index (χ4n) is 1.52. The van der Waals surface area contributed by atoms with Crippen molar-refractivity contribution >= 4 is 5.97 Å². The lowest BCUT2D eigenvalue weighted by molar-refractivity contribution is -0.138. The summed E-state index contributed by atoms with van der Waals surface area (Å²) in [6, 6.07) is 0. The quantitative estimate of drug-likeness (QED) is 0.700. The highest BCUT2D eigenvalue weighted by Gasteiger charge is 2.45. The van der Waals surface area contributed by atoms with Crippen LogP contribution in [0.15, 0.2) is 12.5 Å². The third-order valence-electron chi connectivity index (χ3n) is 2.34. The summed E-state index contributed by atoms with van der Waals surface area (Å²) in [6.45, 7) is 0. The molecule has 12 heavy (non-hydrogen) atoms. The van der Waals surface area contributed by atoms with Crippen LogP contribution in [0.1, 0.15) is 18.0 Å². The van der Waals surface area contributed by atoms with Crippen LogP contribution in [0.4, 0.5) is 0 Å². The summed E-state index contributed by atoms with van der Waals surface area (Å²) in [6.07, 6.45) is 4.20. The van der Waals surface area contributed by atoms with E-state index in [-0.39, 0.29) is 11.8 Å². The van der Waals surface area contributed by atoms with Crippen molar-refractivity contribution in [2.75, 3.05) is 0 Å². The van der Waals surface area contributed by atoms with E-state index in [1.807, 2.05) is 11.6 Å². The smallest absolute Gasteiger partial charge is 0.307 e. The lowest BCUT2D eigenvalue weighted by Gasteiger charge is -1.97. The number of hydrogen-bond donors (Lipinski definition) is 1. The van der Waals surface area contributed by atoms with E-state index >= 15 is 0 Å². The van der Waals surface area contributed by atoms with Crippen molar-refractivity contribution in [2.45, 2.75) is 12.3 Å². The molecule has 0 spiro atoms. The van der Waals surface area contributed by atoms with E-state index in [2.05, 4.69) is 4.98 Å². The lowest BCUT2D eigenvalue weighted by atomic mass is 10.2. The first-order valence-corrected chi connectivity index (χ1v) is 3.89. The van der Waals surface area contributed by atoms with Gasteiger partial charge >= 0.3 is 5.97 Å². The van der Waals surface area contributed by atoms with Crippen LogP contribution in [0, 0.1) is 5.92 Å². The number of carbonyl (C=O) groups is 1. The summed E-state index contributed by atoms with van der Waals surface area (Å²) in [5, 5.41) is 8.68. The Morgan fingerprint density at radius 3 is 3.00 bits per heavy atom. The maximum Gasteiger partial charge on any atom is 0.307 e. The number of aliphatic carboxylic acids is 1. The molecular formula is C8H10N2O2. The zero-order valence-corrected chi connectivity index (χ0v) is 6.77. The van der Waals surface area contributed by atoms with Gasteiger partial charge in [-0.1, -0.05) is 0 Å². The van der Waals surface area contributed by atoms with Gasteiger partial charge in [-0.15, -0.1) is 0 Å². The molecule has 1 aromatic heterocycles. The molecule has 1 aliphatic carbocycles. The number of carboxylic acids is 1. The number of rotatable bonds is 2. The standard InChI is InChI=1S/C8H10N2O2/c1-10-4-9-3-7(10)5-2-6(5)8(11)12/h3-6H,2H2,1H3,(H,11,12)/t5-,6-/m0/s1. The zero-order chi connectivity index (χ0) is 8.72. The lowest BCUT2D eigenvalue weighted by Crippen LogP contribution is -2.01. The van der Waals surface area contributed by atoms with Gasteiger partial charge in [0.25, 0.3) is 0 Å². The Morgan fingerprint density at radius 1 is 1.83 bits per heavy atom. The predicted octanol–water partition coefficient (Wildman–Crippen LogP) is 0.608. The largest absolute Gasteiger partial charge is 0.481 e. The van der Waals surface area contributed by atoms with Crippen LogP contribution in [0.2, 0.25) is 0 Å². The van der Waals surface area contributed by atoms with E-state index in [9.17, 15) is 4.79 Å². The van der Waals surface area contributed by atoms with Crippen LogP contribution >= 0.6 is 0 Å². The summed E-state index contributed by atoms with van der Waals surface area (Å²) in [7, 11) is 1.89. The Morgan fingerprint density at radius 2 is 2.58 bits per heavy atom. The van der Waals surface area contributed by atoms with Crippen LogP contribution in [0.3, 0.4) is 0 Å². The highest BCUT2D eigenvalue weighted by Crippen LogP contribution is 2.47. The molecule has 0 aromatic carbocycles. The monoisotopic (exact) mass is 166 g/mol. The van der Waals surface area contributed by atoms with Crippen LogP contribution in [-0.4, -0.2) is 20.6 Å². The van der Waals surface area contributed by atoms with E-state index in [0.29, 0.717) is 0 Å². The topological polar surface area (TPSA) is 55.1 Å². The van der Waals surface area contributed by atoms with Gasteiger partial charge in [0.05, 0.1) is 12.2 Å². The molecule has 64 valence electrons. The average molecular weight is 166 g/mol. The Kier molecular flexibility index (Phi) is 1.43. The molecule has 1 aliphatic rings. The van der Waals surface area contributed by atoms with E-state index in [1.54, 1.807) is 12.5 Å². The maximum atomic E-state index is 10.5. The summed E-state index contributed by atoms with van der Waals surface area (Å²) in [5.41, 5.74) is 1.03. The van der Waals surface area contributed by atoms with Crippen LogP contribution in [-0.2, 0) is 11.8 Å². The van der Waals surface area contributed by atoms with Gasteiger partial charge in [0.15, 0.2) is 0 Å². The van der Waals surface area contributed by atoms with Crippen molar-refractivity contribution < 1.29 is 9.90 Å². The van der Waals surface area contributed by atoms with E-state index in [1.165, 1.54) is 0 Å². The Bertz CT molecular complexity index is 319. The van der Waals surface area contributed by atoms with E-state index < -0.39 is 5.97 Å². The molecular weight excluding hydrogens is 156 g/mol. The molecule has 1 saturated carbocycles. The highest BCUT2D eigenvalue weighted by molar-refractivity contribution is 5.75. The van der Waals surface area contributed by atoms with Crippen molar-refractivity contribution in [3.8, 4) is 0 Å². The molecule has 2 rings (SSSR count). The van der Waals surface area contributed by atoms with Crippen LogP contribution < -0.4 is 0 Å². The summed E-state index contributed by atoms with van der Waals surface area (Å²) in [4.78, 5) is 14.5. The predicted molar refractivity (Wildman–Crippen MR) is 41.7 cm³/mol. The number of aromatic nitrogens is 2. The molecule has 1 heterocycles. The van der Waals surface area contributed by atoms with Gasteiger partial charge in [-0.25, -0.2) is 4.98 Å². The molecule has 0 saturated heterocycles. The Balaban J connectivity index is 2.15. The van der Waals surface area contributed by atoms with Crippen molar-refractivity contribution in [3.63, 3.8) is 0 Å². The molecule has 4 heteroatoms. The van der Waals surface area contributed by atoms with Gasteiger partial charge in [0.1, 0.15) is 0 Å². The molecule has 1 fully saturated rings. The molecule has 0 aliphatic heterocycles. The van der Waals surface area contributed by atoms with Crippen molar-refractivity contribution in [1.29, 1.82) is 0 Å². The Hall–Kier alpha value is -1.32. The second-order valence-corrected chi connectivity index (χ2v) is 3.22. The first-order valence-electron chi connectivity index (χ1n) is 3.89. The van der Waals surface area contributed by atoms with E-state index in [0.717, 1.165) is 12.1 Å². The molecule has 1 N–H and O–H groups in total. The minimum absolute atomic E-state index is 0.180. The third kappa shape index (κ3) is 0.995. The molecule has 0 unspecified atom stereocenters. The SMILES string of the molecule is Cn1cncc1[C@H]1C[C@@H]1C(=O)O. The van der Waals surface area contributed by atoms with Crippen LogP contribution in [0.5, 0.6) is 0 Å². The maximum absolute atomic E-state index is 10.5. The van der Waals surface area contributed by atoms with Gasteiger partial charge in [-0.05, 0) is 6.42 Å².